The van der Waals surface area contributed by atoms with Crippen molar-refractivity contribution in [1.82, 2.24) is 5.32 Å². The number of hydrogen-bond acceptors (Lipinski definition) is 4. The molecule has 0 fully saturated rings. The van der Waals surface area contributed by atoms with E-state index >= 15 is 0 Å². The van der Waals surface area contributed by atoms with Gasteiger partial charge in [0.25, 0.3) is 0 Å². The molecule has 5 nitrogen and oxygen atoms in total. The second kappa shape index (κ2) is 8.56. The van der Waals surface area contributed by atoms with Crippen LogP contribution in [-0.2, 0) is 4.79 Å². The van der Waals surface area contributed by atoms with E-state index in [1.54, 1.807) is 32.4 Å². The fraction of sp³-hybridized carbons (Fsp3) is 0.227. The second-order valence-corrected chi connectivity index (χ2v) is 6.29. The van der Waals surface area contributed by atoms with Crippen molar-refractivity contribution < 1.29 is 14.3 Å². The SMILES string of the molecule is COc1ccc(NC(=O)CN[C@@H](C)c2cccc3ccccc23)cc1OC. The molecule has 2 N–H and O–H groups in total. The number of ether oxygens (including phenoxy) is 2. The van der Waals surface area contributed by atoms with Crippen LogP contribution in [0, 0.1) is 0 Å². The summed E-state index contributed by atoms with van der Waals surface area (Å²) in [4.78, 5) is 12.3. The molecule has 0 aliphatic rings. The van der Waals surface area contributed by atoms with E-state index in [1.807, 2.05) is 18.2 Å². The van der Waals surface area contributed by atoms with Crippen molar-refractivity contribution in [2.75, 3.05) is 26.1 Å². The molecule has 0 aliphatic carbocycles. The maximum Gasteiger partial charge on any atom is 0.238 e. The lowest BCUT2D eigenvalue weighted by atomic mass is 10.00. The minimum absolute atomic E-state index is 0.0484. The molecule has 0 heterocycles. The Kier molecular flexibility index (Phi) is 5.94. The minimum atomic E-state index is -0.116. The van der Waals surface area contributed by atoms with Crippen LogP contribution in [0.2, 0.25) is 0 Å². The van der Waals surface area contributed by atoms with E-state index in [2.05, 4.69) is 41.8 Å². The summed E-state index contributed by atoms with van der Waals surface area (Å²) in [6.45, 7) is 2.27. The van der Waals surface area contributed by atoms with Gasteiger partial charge in [-0.05, 0) is 35.4 Å². The van der Waals surface area contributed by atoms with E-state index in [9.17, 15) is 4.79 Å². The van der Waals surface area contributed by atoms with E-state index in [-0.39, 0.29) is 18.5 Å². The van der Waals surface area contributed by atoms with Gasteiger partial charge in [-0.1, -0.05) is 42.5 Å². The highest BCUT2D eigenvalue weighted by Crippen LogP contribution is 2.29. The molecule has 27 heavy (non-hydrogen) atoms. The summed E-state index contributed by atoms with van der Waals surface area (Å²) < 4.78 is 10.5. The van der Waals surface area contributed by atoms with E-state index in [0.29, 0.717) is 17.2 Å². The standard InChI is InChI=1S/C22H24N2O3/c1-15(18-10-6-8-16-7-4-5-9-19(16)18)23-14-22(25)24-17-11-12-20(26-2)21(13-17)27-3/h4-13,15,23H,14H2,1-3H3,(H,24,25)/t15-/m0/s1. The molecule has 1 atom stereocenters. The predicted octanol–water partition coefficient (Wildman–Crippen LogP) is 4.15. The van der Waals surface area contributed by atoms with Gasteiger partial charge in [0.1, 0.15) is 0 Å². The summed E-state index contributed by atoms with van der Waals surface area (Å²) in [7, 11) is 3.14. The predicted molar refractivity (Wildman–Crippen MR) is 109 cm³/mol. The first-order valence-corrected chi connectivity index (χ1v) is 8.85. The Labute approximate surface area is 159 Å². The smallest absolute Gasteiger partial charge is 0.238 e. The Morgan fingerprint density at radius 2 is 1.70 bits per heavy atom. The fourth-order valence-corrected chi connectivity index (χ4v) is 3.10. The number of methoxy groups -OCH3 is 2. The molecule has 140 valence electrons. The number of carbonyl (C=O) groups excluding carboxylic acids is 1. The molecule has 0 spiro atoms. The number of nitrogens with one attached hydrogen (secondary N) is 2. The highest BCUT2D eigenvalue weighted by atomic mass is 16.5. The molecule has 3 rings (SSSR count). The number of fused-ring (bicyclic) bond motifs is 1. The van der Waals surface area contributed by atoms with Gasteiger partial charge in [0.05, 0.1) is 20.8 Å². The zero-order valence-electron chi connectivity index (χ0n) is 15.8. The maximum absolute atomic E-state index is 12.3. The number of carbonyl (C=O) groups is 1. The molecule has 1 amide bonds. The molecule has 0 radical (unpaired) electrons. The summed E-state index contributed by atoms with van der Waals surface area (Å²) in [5.74, 6) is 1.08. The van der Waals surface area contributed by atoms with Crippen LogP contribution in [0.3, 0.4) is 0 Å². The van der Waals surface area contributed by atoms with Crippen molar-refractivity contribution in [3.8, 4) is 11.5 Å². The minimum Gasteiger partial charge on any atom is -0.493 e. The molecule has 0 unspecified atom stereocenters. The van der Waals surface area contributed by atoms with Crippen LogP contribution in [0.5, 0.6) is 11.5 Å². The summed E-state index contributed by atoms with van der Waals surface area (Å²) in [6, 6.07) is 19.8. The summed E-state index contributed by atoms with van der Waals surface area (Å²) in [5.41, 5.74) is 1.84. The van der Waals surface area contributed by atoms with E-state index in [4.69, 9.17) is 9.47 Å². The highest BCUT2D eigenvalue weighted by Gasteiger charge is 2.12. The molecular formula is C22H24N2O3. The van der Waals surface area contributed by atoms with Gasteiger partial charge in [-0.15, -0.1) is 0 Å². The van der Waals surface area contributed by atoms with E-state index in [1.165, 1.54) is 16.3 Å². The number of rotatable bonds is 7. The Morgan fingerprint density at radius 3 is 2.48 bits per heavy atom. The third-order valence-corrected chi connectivity index (χ3v) is 4.53. The molecule has 3 aromatic rings. The van der Waals surface area contributed by atoms with Crippen LogP contribution >= 0.6 is 0 Å². The molecule has 0 aliphatic heterocycles. The fourth-order valence-electron chi connectivity index (χ4n) is 3.10. The molecular weight excluding hydrogens is 340 g/mol. The van der Waals surface area contributed by atoms with Crippen molar-refractivity contribution in [1.29, 1.82) is 0 Å². The van der Waals surface area contributed by atoms with Crippen molar-refractivity contribution in [2.24, 2.45) is 0 Å². The van der Waals surface area contributed by atoms with Crippen LogP contribution in [0.25, 0.3) is 10.8 Å². The molecule has 5 heteroatoms. The van der Waals surface area contributed by atoms with Crippen LogP contribution in [0.4, 0.5) is 5.69 Å². The molecule has 0 saturated heterocycles. The Bertz CT molecular complexity index is 934. The quantitative estimate of drug-likeness (QED) is 0.661. The highest BCUT2D eigenvalue weighted by molar-refractivity contribution is 5.92. The lowest BCUT2D eigenvalue weighted by Gasteiger charge is -2.17. The van der Waals surface area contributed by atoms with Crippen molar-refractivity contribution in [2.45, 2.75) is 13.0 Å². The van der Waals surface area contributed by atoms with Gasteiger partial charge >= 0.3 is 0 Å². The second-order valence-electron chi connectivity index (χ2n) is 6.29. The Hall–Kier alpha value is -3.05. The number of anilines is 1. The van der Waals surface area contributed by atoms with Crippen LogP contribution in [-0.4, -0.2) is 26.7 Å². The lowest BCUT2D eigenvalue weighted by Crippen LogP contribution is -2.30. The molecule has 0 aromatic heterocycles. The maximum atomic E-state index is 12.3. The molecule has 3 aromatic carbocycles. The van der Waals surface area contributed by atoms with Crippen molar-refractivity contribution in [3.05, 3.63) is 66.2 Å². The first kappa shape index (κ1) is 18.7. The summed E-state index contributed by atoms with van der Waals surface area (Å²) in [6.07, 6.45) is 0. The Morgan fingerprint density at radius 1 is 0.963 bits per heavy atom. The zero-order chi connectivity index (χ0) is 19.2. The topological polar surface area (TPSA) is 59.6 Å². The van der Waals surface area contributed by atoms with Crippen molar-refractivity contribution >= 4 is 22.4 Å². The third-order valence-electron chi connectivity index (χ3n) is 4.53. The van der Waals surface area contributed by atoms with Gasteiger partial charge < -0.3 is 20.1 Å². The zero-order valence-corrected chi connectivity index (χ0v) is 15.8. The normalized spacial score (nSPS) is 11.8. The third kappa shape index (κ3) is 4.38. The average Bonchev–Trinajstić information content (AvgIpc) is 2.71. The largest absolute Gasteiger partial charge is 0.493 e. The first-order chi connectivity index (χ1) is 13.1. The summed E-state index contributed by atoms with van der Waals surface area (Å²) in [5, 5.41) is 8.56. The van der Waals surface area contributed by atoms with Gasteiger partial charge in [-0.25, -0.2) is 0 Å². The number of benzene rings is 3. The average molecular weight is 364 g/mol. The number of amides is 1. The van der Waals surface area contributed by atoms with Gasteiger partial charge in [0.2, 0.25) is 5.91 Å². The van der Waals surface area contributed by atoms with Crippen LogP contribution in [0.15, 0.2) is 60.7 Å². The summed E-state index contributed by atoms with van der Waals surface area (Å²) >= 11 is 0. The van der Waals surface area contributed by atoms with Gasteiger partial charge in [-0.3, -0.25) is 4.79 Å². The van der Waals surface area contributed by atoms with Gasteiger partial charge in [-0.2, -0.15) is 0 Å². The first-order valence-electron chi connectivity index (χ1n) is 8.85. The van der Waals surface area contributed by atoms with Crippen molar-refractivity contribution in [3.63, 3.8) is 0 Å². The molecule has 0 bridgehead atoms. The lowest BCUT2D eigenvalue weighted by molar-refractivity contribution is -0.115. The van der Waals surface area contributed by atoms with Gasteiger partial charge in [0.15, 0.2) is 11.5 Å². The van der Waals surface area contributed by atoms with Crippen LogP contribution < -0.4 is 20.1 Å². The van der Waals surface area contributed by atoms with E-state index in [0.717, 1.165) is 0 Å². The van der Waals surface area contributed by atoms with Gasteiger partial charge in [0, 0.05) is 17.8 Å². The van der Waals surface area contributed by atoms with E-state index < -0.39 is 0 Å². The molecule has 0 saturated carbocycles. The van der Waals surface area contributed by atoms with Crippen LogP contribution in [0.1, 0.15) is 18.5 Å². The number of hydrogen-bond donors (Lipinski definition) is 2. The monoisotopic (exact) mass is 364 g/mol. The Balaban J connectivity index is 1.63.